The number of aliphatic imine (C=N–C) groups is 1. The molecule has 2 heterocycles. The quantitative estimate of drug-likeness (QED) is 0.633. The summed E-state index contributed by atoms with van der Waals surface area (Å²) >= 11 is 0. The molecule has 7 nitrogen and oxygen atoms in total. The zero-order valence-corrected chi connectivity index (χ0v) is 15.8. The van der Waals surface area contributed by atoms with E-state index in [2.05, 4.69) is 56.9 Å². The summed E-state index contributed by atoms with van der Waals surface area (Å²) in [5.74, 6) is 2.05. The summed E-state index contributed by atoms with van der Waals surface area (Å²) in [5.41, 5.74) is 2.52. The molecule has 1 aliphatic heterocycles. The van der Waals surface area contributed by atoms with Crippen molar-refractivity contribution >= 4 is 5.96 Å². The van der Waals surface area contributed by atoms with Crippen LogP contribution < -0.4 is 10.6 Å². The van der Waals surface area contributed by atoms with E-state index < -0.39 is 0 Å². The van der Waals surface area contributed by atoms with Gasteiger partial charge in [0.25, 0.3) is 0 Å². The van der Waals surface area contributed by atoms with Gasteiger partial charge in [0.1, 0.15) is 12.2 Å². The number of nitrogens with zero attached hydrogens (tertiary/aromatic N) is 4. The first-order valence-corrected chi connectivity index (χ1v) is 9.13. The number of hydrogen-bond donors (Lipinski definition) is 2. The van der Waals surface area contributed by atoms with Crippen LogP contribution >= 0.6 is 0 Å². The molecule has 0 spiro atoms. The van der Waals surface area contributed by atoms with Gasteiger partial charge in [-0.3, -0.25) is 9.67 Å². The first-order valence-electron chi connectivity index (χ1n) is 9.13. The van der Waals surface area contributed by atoms with Crippen molar-refractivity contribution in [1.82, 2.24) is 25.4 Å². The average molecular weight is 356 g/mol. The van der Waals surface area contributed by atoms with Crippen LogP contribution in [0.15, 0.2) is 35.6 Å². The summed E-state index contributed by atoms with van der Waals surface area (Å²) in [5, 5.41) is 10.8. The molecule has 1 fully saturated rings. The molecule has 3 rings (SSSR count). The van der Waals surface area contributed by atoms with Crippen LogP contribution in [0.25, 0.3) is 0 Å². The molecule has 1 aromatic carbocycles. The molecule has 2 unspecified atom stereocenters. The van der Waals surface area contributed by atoms with Crippen molar-refractivity contribution in [3.8, 4) is 0 Å². The van der Waals surface area contributed by atoms with E-state index in [1.54, 1.807) is 18.1 Å². The fourth-order valence-electron chi connectivity index (χ4n) is 3.27. The van der Waals surface area contributed by atoms with Gasteiger partial charge in [0, 0.05) is 33.2 Å². The van der Waals surface area contributed by atoms with Crippen LogP contribution in [0.1, 0.15) is 35.9 Å². The number of guanidine groups is 1. The van der Waals surface area contributed by atoms with Crippen LogP contribution in [0.4, 0.5) is 0 Å². The smallest absolute Gasteiger partial charge is 0.191 e. The molecule has 7 heteroatoms. The lowest BCUT2D eigenvalue weighted by atomic mass is 9.89. The molecule has 0 radical (unpaired) electrons. The van der Waals surface area contributed by atoms with E-state index >= 15 is 0 Å². The summed E-state index contributed by atoms with van der Waals surface area (Å²) in [6, 6.07) is 8.66. The highest BCUT2D eigenvalue weighted by atomic mass is 16.5. The van der Waals surface area contributed by atoms with E-state index in [1.807, 2.05) is 7.05 Å². The van der Waals surface area contributed by atoms with Crippen molar-refractivity contribution in [2.75, 3.05) is 20.2 Å². The van der Waals surface area contributed by atoms with Gasteiger partial charge >= 0.3 is 0 Å². The molecule has 2 aromatic rings. The number of nitrogens with one attached hydrogen (secondary N) is 2. The van der Waals surface area contributed by atoms with Gasteiger partial charge in [0.05, 0.1) is 12.6 Å². The van der Waals surface area contributed by atoms with E-state index in [1.165, 1.54) is 11.1 Å². The Morgan fingerprint density at radius 2 is 2.12 bits per heavy atom. The molecule has 2 N–H and O–H groups in total. The molecule has 0 amide bonds. The Morgan fingerprint density at radius 1 is 1.31 bits per heavy atom. The highest BCUT2D eigenvalue weighted by Gasteiger charge is 2.27. The van der Waals surface area contributed by atoms with Gasteiger partial charge in [-0.05, 0) is 25.3 Å². The predicted octanol–water partition coefficient (Wildman–Crippen LogP) is 1.96. The topological polar surface area (TPSA) is 76.4 Å². The third kappa shape index (κ3) is 4.60. The Labute approximate surface area is 154 Å². The predicted molar refractivity (Wildman–Crippen MR) is 102 cm³/mol. The normalized spacial score (nSPS) is 20.8. The molecule has 1 aromatic heterocycles. The number of rotatable bonds is 5. The van der Waals surface area contributed by atoms with Crippen LogP contribution in [0, 0.1) is 12.8 Å². The second-order valence-electron chi connectivity index (χ2n) is 6.71. The highest BCUT2D eigenvalue weighted by molar-refractivity contribution is 5.79. The third-order valence-corrected chi connectivity index (χ3v) is 4.83. The van der Waals surface area contributed by atoms with Crippen LogP contribution in [0.5, 0.6) is 0 Å². The van der Waals surface area contributed by atoms with Crippen LogP contribution in [-0.4, -0.2) is 40.9 Å². The summed E-state index contributed by atoms with van der Waals surface area (Å²) in [6.45, 7) is 4.33. The minimum absolute atomic E-state index is 0.133. The number of ether oxygens (including phenoxy) is 1. The Balaban J connectivity index is 1.57. The monoisotopic (exact) mass is 356 g/mol. The van der Waals surface area contributed by atoms with Crippen molar-refractivity contribution in [2.45, 2.75) is 32.4 Å². The number of hydrogen-bond acceptors (Lipinski definition) is 4. The van der Waals surface area contributed by atoms with E-state index in [9.17, 15) is 0 Å². The van der Waals surface area contributed by atoms with Crippen molar-refractivity contribution in [1.29, 1.82) is 0 Å². The Hall–Kier alpha value is -2.41. The van der Waals surface area contributed by atoms with E-state index in [0.717, 1.165) is 37.8 Å². The molecular formula is C19H28N6O. The lowest BCUT2D eigenvalue weighted by Gasteiger charge is -2.32. The van der Waals surface area contributed by atoms with Gasteiger partial charge in [-0.2, -0.15) is 5.10 Å². The molecule has 0 saturated carbocycles. The average Bonchev–Trinajstić information content (AvgIpc) is 3.08. The first-order chi connectivity index (χ1) is 12.7. The van der Waals surface area contributed by atoms with E-state index in [4.69, 9.17) is 4.74 Å². The number of aryl methyl sites for hydroxylation is 2. The minimum Gasteiger partial charge on any atom is -0.373 e. The fraction of sp³-hybridized carbons (Fsp3) is 0.526. The molecule has 0 bridgehead atoms. The van der Waals surface area contributed by atoms with Gasteiger partial charge in [-0.25, -0.2) is 4.98 Å². The fourth-order valence-corrected chi connectivity index (χ4v) is 3.27. The largest absolute Gasteiger partial charge is 0.373 e. The Kier molecular flexibility index (Phi) is 6.22. The second-order valence-corrected chi connectivity index (χ2v) is 6.71. The SMILES string of the molecule is CN=C(NCc1ncnn1C)NCC1CCCOC1c1ccc(C)cc1. The van der Waals surface area contributed by atoms with Gasteiger partial charge < -0.3 is 15.4 Å². The summed E-state index contributed by atoms with van der Waals surface area (Å²) in [6.07, 6.45) is 3.93. The Morgan fingerprint density at radius 3 is 2.81 bits per heavy atom. The van der Waals surface area contributed by atoms with Crippen molar-refractivity contribution in [3.05, 3.63) is 47.5 Å². The van der Waals surface area contributed by atoms with Crippen LogP contribution in [0.2, 0.25) is 0 Å². The van der Waals surface area contributed by atoms with Gasteiger partial charge in [0.15, 0.2) is 5.96 Å². The maximum absolute atomic E-state index is 6.10. The zero-order chi connectivity index (χ0) is 18.4. The molecule has 140 valence electrons. The lowest BCUT2D eigenvalue weighted by molar-refractivity contribution is -0.0265. The zero-order valence-electron chi connectivity index (χ0n) is 15.8. The van der Waals surface area contributed by atoms with E-state index in [-0.39, 0.29) is 6.10 Å². The lowest BCUT2D eigenvalue weighted by Crippen LogP contribution is -2.42. The van der Waals surface area contributed by atoms with Gasteiger partial charge in [-0.15, -0.1) is 0 Å². The molecule has 26 heavy (non-hydrogen) atoms. The van der Waals surface area contributed by atoms with Crippen molar-refractivity contribution < 1.29 is 4.74 Å². The molecule has 1 aliphatic rings. The highest BCUT2D eigenvalue weighted by Crippen LogP contribution is 2.33. The molecule has 2 atom stereocenters. The summed E-state index contributed by atoms with van der Waals surface area (Å²) < 4.78 is 7.85. The van der Waals surface area contributed by atoms with Gasteiger partial charge in [0.2, 0.25) is 0 Å². The summed E-state index contributed by atoms with van der Waals surface area (Å²) in [4.78, 5) is 8.52. The van der Waals surface area contributed by atoms with Crippen molar-refractivity contribution in [2.24, 2.45) is 18.0 Å². The number of benzene rings is 1. The summed E-state index contributed by atoms with van der Waals surface area (Å²) in [7, 11) is 3.66. The molecule has 0 aliphatic carbocycles. The van der Waals surface area contributed by atoms with Gasteiger partial charge in [-0.1, -0.05) is 29.8 Å². The van der Waals surface area contributed by atoms with Crippen LogP contribution in [-0.2, 0) is 18.3 Å². The van der Waals surface area contributed by atoms with Crippen molar-refractivity contribution in [3.63, 3.8) is 0 Å². The first kappa shape index (κ1) is 18.4. The maximum Gasteiger partial charge on any atom is 0.191 e. The Bertz CT molecular complexity index is 724. The standard InChI is InChI=1S/C19H28N6O/c1-14-6-8-15(9-7-14)18-16(5-4-10-26-18)11-21-19(20-2)22-12-17-23-13-24-25(17)3/h6-9,13,16,18H,4-5,10-12H2,1-3H3,(H2,20,21,22). The minimum atomic E-state index is 0.133. The molecular weight excluding hydrogens is 328 g/mol. The maximum atomic E-state index is 6.10. The van der Waals surface area contributed by atoms with E-state index in [0.29, 0.717) is 12.5 Å². The number of aromatic nitrogens is 3. The second kappa shape index (κ2) is 8.80. The molecule has 1 saturated heterocycles. The third-order valence-electron chi connectivity index (χ3n) is 4.83. The van der Waals surface area contributed by atoms with Crippen LogP contribution in [0.3, 0.4) is 0 Å².